The molecule has 124 valence electrons. The summed E-state index contributed by atoms with van der Waals surface area (Å²) in [6.45, 7) is 14.7. The highest BCUT2D eigenvalue weighted by Crippen LogP contribution is 2.63. The van der Waals surface area contributed by atoms with Crippen LogP contribution in [-0.4, -0.2) is 4.75 Å². The van der Waals surface area contributed by atoms with E-state index in [-0.39, 0.29) is 0 Å². The third-order valence-electron chi connectivity index (χ3n) is 7.23. The quantitative estimate of drug-likeness (QED) is 0.516. The lowest BCUT2D eigenvalue weighted by Crippen LogP contribution is -2.35. The maximum atomic E-state index is 5.37. The molecule has 2 rings (SSSR count). The molecule has 4 atom stereocenters. The lowest BCUT2D eigenvalue weighted by atomic mass is 9.69. The molecule has 0 aromatic carbocycles. The van der Waals surface area contributed by atoms with Crippen LogP contribution in [0.25, 0.3) is 0 Å². The molecule has 0 saturated heterocycles. The lowest BCUT2D eigenvalue weighted by molar-refractivity contribution is 0.151. The van der Waals surface area contributed by atoms with Gasteiger partial charge in [0.25, 0.3) is 0 Å². The van der Waals surface area contributed by atoms with Gasteiger partial charge >= 0.3 is 0 Å². The van der Waals surface area contributed by atoms with Crippen LogP contribution in [0.4, 0.5) is 0 Å². The van der Waals surface area contributed by atoms with Crippen LogP contribution in [0.3, 0.4) is 0 Å². The van der Waals surface area contributed by atoms with Gasteiger partial charge in [0.05, 0.1) is 0 Å². The SMILES string of the molecule is CCCC(CC1(S)CC(C)(C)C2CCCC21)C(C)(C)CC. The van der Waals surface area contributed by atoms with Crippen LogP contribution in [0.5, 0.6) is 0 Å². The molecule has 0 heterocycles. The van der Waals surface area contributed by atoms with Crippen LogP contribution in [0.15, 0.2) is 0 Å². The van der Waals surface area contributed by atoms with Gasteiger partial charge in [-0.1, -0.05) is 67.2 Å². The van der Waals surface area contributed by atoms with Crippen molar-refractivity contribution >= 4 is 12.6 Å². The molecule has 1 heteroatoms. The fourth-order valence-corrected chi connectivity index (χ4v) is 6.58. The summed E-state index contributed by atoms with van der Waals surface area (Å²) in [6, 6.07) is 0. The highest BCUT2D eigenvalue weighted by Gasteiger charge is 2.57. The minimum atomic E-state index is 0.303. The normalized spacial score (nSPS) is 36.7. The molecule has 4 unspecified atom stereocenters. The monoisotopic (exact) mass is 310 g/mol. The zero-order valence-electron chi connectivity index (χ0n) is 15.3. The third-order valence-corrected chi connectivity index (χ3v) is 7.90. The maximum Gasteiger partial charge on any atom is 0.0169 e. The van der Waals surface area contributed by atoms with Crippen LogP contribution in [-0.2, 0) is 0 Å². The highest BCUT2D eigenvalue weighted by atomic mass is 32.1. The zero-order chi connectivity index (χ0) is 15.9. The van der Waals surface area contributed by atoms with Crippen molar-refractivity contribution in [3.05, 3.63) is 0 Å². The van der Waals surface area contributed by atoms with Crippen molar-refractivity contribution in [1.29, 1.82) is 0 Å². The van der Waals surface area contributed by atoms with Gasteiger partial charge in [-0.05, 0) is 54.3 Å². The van der Waals surface area contributed by atoms with E-state index >= 15 is 0 Å². The molecule has 0 bridgehead atoms. The Balaban J connectivity index is 2.19. The summed E-state index contributed by atoms with van der Waals surface area (Å²) in [5, 5.41) is 0. The first kappa shape index (κ1) is 17.7. The van der Waals surface area contributed by atoms with Gasteiger partial charge in [-0.3, -0.25) is 0 Å². The fraction of sp³-hybridized carbons (Fsp3) is 1.00. The number of rotatable bonds is 6. The molecule has 0 aromatic heterocycles. The van der Waals surface area contributed by atoms with Crippen LogP contribution in [0, 0.1) is 28.6 Å². The van der Waals surface area contributed by atoms with Gasteiger partial charge in [0.2, 0.25) is 0 Å². The van der Waals surface area contributed by atoms with Crippen molar-refractivity contribution in [2.24, 2.45) is 28.6 Å². The summed E-state index contributed by atoms with van der Waals surface area (Å²) < 4.78 is 0.303. The average Bonchev–Trinajstić information content (AvgIpc) is 2.93. The average molecular weight is 311 g/mol. The molecule has 0 amide bonds. The summed E-state index contributed by atoms with van der Waals surface area (Å²) in [5.74, 6) is 2.64. The van der Waals surface area contributed by atoms with Gasteiger partial charge in [0.15, 0.2) is 0 Å². The smallest absolute Gasteiger partial charge is 0.0169 e. The first-order valence-electron chi connectivity index (χ1n) is 9.38. The van der Waals surface area contributed by atoms with E-state index in [0.717, 1.165) is 17.8 Å². The molecule has 2 aliphatic carbocycles. The van der Waals surface area contributed by atoms with Crippen molar-refractivity contribution in [3.63, 3.8) is 0 Å². The Morgan fingerprint density at radius 1 is 1.14 bits per heavy atom. The fourth-order valence-electron chi connectivity index (χ4n) is 5.65. The third kappa shape index (κ3) is 3.33. The van der Waals surface area contributed by atoms with Crippen LogP contribution >= 0.6 is 12.6 Å². The molecule has 0 N–H and O–H groups in total. The van der Waals surface area contributed by atoms with E-state index in [1.54, 1.807) is 0 Å². The summed E-state index contributed by atoms with van der Waals surface area (Å²) in [7, 11) is 0. The van der Waals surface area contributed by atoms with Crippen molar-refractivity contribution in [2.45, 2.75) is 97.7 Å². The van der Waals surface area contributed by atoms with E-state index in [1.807, 2.05) is 0 Å². The van der Waals surface area contributed by atoms with Crippen molar-refractivity contribution in [1.82, 2.24) is 0 Å². The predicted octanol–water partition coefficient (Wildman–Crippen LogP) is 6.74. The molecule has 2 fully saturated rings. The number of hydrogen-bond acceptors (Lipinski definition) is 1. The standard InChI is InChI=1S/C20H38S/c1-7-10-15(18(3,4)8-2)13-20(21)14-19(5,6)16-11-9-12-17(16)20/h15-17,21H,7-14H2,1-6H3. The molecular formula is C20H38S. The van der Waals surface area contributed by atoms with E-state index in [2.05, 4.69) is 41.5 Å². The van der Waals surface area contributed by atoms with Crippen molar-refractivity contribution in [3.8, 4) is 0 Å². The number of thiol groups is 1. The molecule has 2 saturated carbocycles. The minimum absolute atomic E-state index is 0.303. The minimum Gasteiger partial charge on any atom is -0.172 e. The molecular weight excluding hydrogens is 272 g/mol. The second-order valence-corrected chi connectivity index (χ2v) is 10.3. The van der Waals surface area contributed by atoms with E-state index in [0.29, 0.717) is 15.6 Å². The highest BCUT2D eigenvalue weighted by molar-refractivity contribution is 7.81. The van der Waals surface area contributed by atoms with Gasteiger partial charge in [0, 0.05) is 4.75 Å². The van der Waals surface area contributed by atoms with Gasteiger partial charge in [-0.2, -0.15) is 12.6 Å². The van der Waals surface area contributed by atoms with E-state index in [4.69, 9.17) is 12.6 Å². The summed E-state index contributed by atoms with van der Waals surface area (Å²) in [6.07, 6.45) is 11.0. The van der Waals surface area contributed by atoms with Crippen molar-refractivity contribution < 1.29 is 0 Å². The molecule has 2 aliphatic rings. The Bertz CT molecular complexity index is 357. The molecule has 0 spiro atoms. The Labute approximate surface area is 139 Å². The second kappa shape index (κ2) is 6.10. The Hall–Kier alpha value is 0.350. The Kier molecular flexibility index (Phi) is 5.14. The maximum absolute atomic E-state index is 5.37. The van der Waals surface area contributed by atoms with Crippen molar-refractivity contribution in [2.75, 3.05) is 0 Å². The van der Waals surface area contributed by atoms with E-state index in [9.17, 15) is 0 Å². The number of hydrogen-bond donors (Lipinski definition) is 1. The Morgan fingerprint density at radius 2 is 1.76 bits per heavy atom. The number of fused-ring (bicyclic) bond motifs is 1. The summed E-state index contributed by atoms with van der Waals surface area (Å²) in [4.78, 5) is 0. The largest absolute Gasteiger partial charge is 0.172 e. The van der Waals surface area contributed by atoms with Gasteiger partial charge in [-0.25, -0.2) is 0 Å². The first-order chi connectivity index (χ1) is 9.66. The van der Waals surface area contributed by atoms with Gasteiger partial charge in [-0.15, -0.1) is 0 Å². The second-order valence-electron chi connectivity index (χ2n) is 9.44. The molecule has 0 radical (unpaired) electrons. The van der Waals surface area contributed by atoms with Gasteiger partial charge < -0.3 is 0 Å². The van der Waals surface area contributed by atoms with Crippen LogP contribution in [0.2, 0.25) is 0 Å². The topological polar surface area (TPSA) is 0 Å². The van der Waals surface area contributed by atoms with Crippen LogP contribution in [0.1, 0.15) is 92.9 Å². The molecule has 0 nitrogen and oxygen atoms in total. The lowest BCUT2D eigenvalue weighted by Gasteiger charge is -2.41. The Morgan fingerprint density at radius 3 is 2.33 bits per heavy atom. The first-order valence-corrected chi connectivity index (χ1v) is 9.83. The van der Waals surface area contributed by atoms with Gasteiger partial charge in [0.1, 0.15) is 0 Å². The summed E-state index contributed by atoms with van der Waals surface area (Å²) in [5.41, 5.74) is 0.975. The predicted molar refractivity (Wildman–Crippen MR) is 98.0 cm³/mol. The molecule has 0 aliphatic heterocycles. The summed E-state index contributed by atoms with van der Waals surface area (Å²) >= 11 is 5.37. The van der Waals surface area contributed by atoms with Crippen LogP contribution < -0.4 is 0 Å². The van der Waals surface area contributed by atoms with E-state index in [1.165, 1.54) is 51.4 Å². The zero-order valence-corrected chi connectivity index (χ0v) is 16.2. The molecule has 0 aromatic rings. The van der Waals surface area contributed by atoms with E-state index < -0.39 is 0 Å². The molecule has 21 heavy (non-hydrogen) atoms.